The minimum atomic E-state index is -0.480. The molecule has 21 heavy (non-hydrogen) atoms. The van der Waals surface area contributed by atoms with E-state index in [1.165, 1.54) is 16.7 Å². The largest absolute Gasteiger partial charge is 0.496 e. The van der Waals surface area contributed by atoms with Crippen molar-refractivity contribution in [3.8, 4) is 5.75 Å². The van der Waals surface area contributed by atoms with Crippen molar-refractivity contribution in [1.29, 1.82) is 0 Å². The molecule has 2 heteroatoms. The zero-order valence-electron chi connectivity index (χ0n) is 12.9. The normalized spacial score (nSPS) is 15.8. The maximum absolute atomic E-state index is 10.8. The van der Waals surface area contributed by atoms with Crippen molar-refractivity contribution >= 4 is 0 Å². The van der Waals surface area contributed by atoms with Crippen molar-refractivity contribution in [2.45, 2.75) is 32.8 Å². The van der Waals surface area contributed by atoms with Crippen molar-refractivity contribution in [3.05, 3.63) is 64.2 Å². The molecular weight excluding hydrogens is 260 g/mol. The SMILES string of the molecule is COc1c(C(O)C2Cc3ccccc3C2)ccc(C)c1C. The van der Waals surface area contributed by atoms with Crippen LogP contribution in [0.1, 0.15) is 33.9 Å². The maximum Gasteiger partial charge on any atom is 0.127 e. The van der Waals surface area contributed by atoms with Gasteiger partial charge in [0.15, 0.2) is 0 Å². The van der Waals surface area contributed by atoms with E-state index in [9.17, 15) is 5.11 Å². The number of rotatable bonds is 3. The molecule has 0 spiro atoms. The van der Waals surface area contributed by atoms with E-state index in [4.69, 9.17) is 4.74 Å². The van der Waals surface area contributed by atoms with Crippen LogP contribution in [0, 0.1) is 19.8 Å². The molecule has 0 bridgehead atoms. The number of benzene rings is 2. The summed E-state index contributed by atoms with van der Waals surface area (Å²) in [6, 6.07) is 12.6. The number of aliphatic hydroxyl groups is 1. The van der Waals surface area contributed by atoms with Crippen LogP contribution in [-0.2, 0) is 12.8 Å². The molecule has 0 fully saturated rings. The molecule has 0 aromatic heterocycles. The molecule has 2 aromatic carbocycles. The minimum Gasteiger partial charge on any atom is -0.496 e. The van der Waals surface area contributed by atoms with Crippen LogP contribution in [0.2, 0.25) is 0 Å². The van der Waals surface area contributed by atoms with E-state index in [1.54, 1.807) is 7.11 Å². The van der Waals surface area contributed by atoms with Crippen LogP contribution in [-0.4, -0.2) is 12.2 Å². The van der Waals surface area contributed by atoms with Gasteiger partial charge in [-0.3, -0.25) is 0 Å². The van der Waals surface area contributed by atoms with Gasteiger partial charge in [-0.15, -0.1) is 0 Å². The van der Waals surface area contributed by atoms with Gasteiger partial charge in [-0.25, -0.2) is 0 Å². The molecule has 0 saturated heterocycles. The number of hydrogen-bond donors (Lipinski definition) is 1. The summed E-state index contributed by atoms with van der Waals surface area (Å²) in [5, 5.41) is 10.8. The van der Waals surface area contributed by atoms with E-state index in [0.717, 1.165) is 29.7 Å². The van der Waals surface area contributed by atoms with Crippen LogP contribution < -0.4 is 4.74 Å². The minimum absolute atomic E-state index is 0.235. The van der Waals surface area contributed by atoms with Crippen molar-refractivity contribution in [3.63, 3.8) is 0 Å². The Hall–Kier alpha value is -1.80. The van der Waals surface area contributed by atoms with Crippen molar-refractivity contribution in [1.82, 2.24) is 0 Å². The van der Waals surface area contributed by atoms with E-state index in [-0.39, 0.29) is 5.92 Å². The summed E-state index contributed by atoms with van der Waals surface area (Å²) in [7, 11) is 1.68. The highest BCUT2D eigenvalue weighted by Crippen LogP contribution is 2.39. The molecule has 2 nitrogen and oxygen atoms in total. The third-order valence-corrected chi connectivity index (χ3v) is 4.76. The molecule has 0 heterocycles. The molecule has 1 unspecified atom stereocenters. The second-order valence-corrected chi connectivity index (χ2v) is 6.01. The average molecular weight is 282 g/mol. The lowest BCUT2D eigenvalue weighted by Crippen LogP contribution is -2.14. The lowest BCUT2D eigenvalue weighted by molar-refractivity contribution is 0.110. The molecule has 1 N–H and O–H groups in total. The van der Waals surface area contributed by atoms with Crippen LogP contribution in [0.4, 0.5) is 0 Å². The van der Waals surface area contributed by atoms with Crippen LogP contribution in [0.5, 0.6) is 5.75 Å². The number of aryl methyl sites for hydroxylation is 1. The molecule has 3 rings (SSSR count). The predicted molar refractivity (Wildman–Crippen MR) is 84.8 cm³/mol. The van der Waals surface area contributed by atoms with Crippen LogP contribution in [0.3, 0.4) is 0 Å². The second kappa shape index (κ2) is 5.53. The smallest absolute Gasteiger partial charge is 0.127 e. The van der Waals surface area contributed by atoms with E-state index in [0.29, 0.717) is 0 Å². The van der Waals surface area contributed by atoms with E-state index >= 15 is 0 Å². The summed E-state index contributed by atoms with van der Waals surface area (Å²) >= 11 is 0. The summed E-state index contributed by atoms with van der Waals surface area (Å²) in [6.45, 7) is 4.12. The highest BCUT2D eigenvalue weighted by molar-refractivity contribution is 5.47. The van der Waals surface area contributed by atoms with Gasteiger partial charge in [0, 0.05) is 5.56 Å². The van der Waals surface area contributed by atoms with Crippen molar-refractivity contribution in [2.24, 2.45) is 5.92 Å². The number of methoxy groups -OCH3 is 1. The molecule has 0 aliphatic heterocycles. The topological polar surface area (TPSA) is 29.5 Å². The van der Waals surface area contributed by atoms with E-state index in [2.05, 4.69) is 37.3 Å². The van der Waals surface area contributed by atoms with E-state index < -0.39 is 6.10 Å². The van der Waals surface area contributed by atoms with Gasteiger partial charge in [0.05, 0.1) is 13.2 Å². The lowest BCUT2D eigenvalue weighted by atomic mass is 9.90. The first-order valence-electron chi connectivity index (χ1n) is 7.50. The number of ether oxygens (including phenoxy) is 1. The van der Waals surface area contributed by atoms with Crippen molar-refractivity contribution in [2.75, 3.05) is 7.11 Å². The molecule has 1 atom stereocenters. The quantitative estimate of drug-likeness (QED) is 0.928. The number of aliphatic hydroxyl groups excluding tert-OH is 1. The fraction of sp³-hybridized carbons (Fsp3) is 0.368. The van der Waals surface area contributed by atoms with Crippen LogP contribution in [0.25, 0.3) is 0 Å². The first-order valence-corrected chi connectivity index (χ1v) is 7.50. The van der Waals surface area contributed by atoms with Crippen molar-refractivity contribution < 1.29 is 9.84 Å². The van der Waals surface area contributed by atoms with Gasteiger partial charge in [0.25, 0.3) is 0 Å². The van der Waals surface area contributed by atoms with Gasteiger partial charge < -0.3 is 9.84 Å². The highest BCUT2D eigenvalue weighted by Gasteiger charge is 2.30. The van der Waals surface area contributed by atoms with E-state index in [1.807, 2.05) is 13.0 Å². The zero-order chi connectivity index (χ0) is 15.0. The Bertz CT molecular complexity index is 636. The molecular formula is C19H22O2. The second-order valence-electron chi connectivity index (χ2n) is 6.01. The van der Waals surface area contributed by atoms with Gasteiger partial charge in [-0.1, -0.05) is 36.4 Å². The first-order chi connectivity index (χ1) is 10.1. The number of fused-ring (bicyclic) bond motifs is 1. The van der Waals surface area contributed by atoms with Crippen LogP contribution >= 0.6 is 0 Å². The maximum atomic E-state index is 10.8. The Kier molecular flexibility index (Phi) is 3.73. The zero-order valence-corrected chi connectivity index (χ0v) is 12.9. The molecule has 0 saturated carbocycles. The highest BCUT2D eigenvalue weighted by atomic mass is 16.5. The average Bonchev–Trinajstić information content (AvgIpc) is 2.93. The molecule has 0 radical (unpaired) electrons. The molecule has 110 valence electrons. The molecule has 1 aliphatic rings. The molecule has 2 aromatic rings. The fourth-order valence-corrected chi connectivity index (χ4v) is 3.38. The standard InChI is InChI=1S/C19H22O2/c1-12-8-9-17(19(21-3)13(12)2)18(20)16-10-14-6-4-5-7-15(14)11-16/h4-9,16,18,20H,10-11H2,1-3H3. The van der Waals surface area contributed by atoms with Gasteiger partial charge in [-0.2, -0.15) is 0 Å². The van der Waals surface area contributed by atoms with Gasteiger partial charge >= 0.3 is 0 Å². The third-order valence-electron chi connectivity index (χ3n) is 4.76. The summed E-state index contributed by atoms with van der Waals surface area (Å²) in [4.78, 5) is 0. The monoisotopic (exact) mass is 282 g/mol. The first kappa shape index (κ1) is 14.2. The van der Waals surface area contributed by atoms with Gasteiger partial charge in [-0.05, 0) is 54.9 Å². The van der Waals surface area contributed by atoms with Gasteiger partial charge in [0.1, 0.15) is 5.75 Å². The molecule has 1 aliphatic carbocycles. The lowest BCUT2D eigenvalue weighted by Gasteiger charge is -2.22. The Balaban J connectivity index is 1.91. The Morgan fingerprint density at radius 2 is 1.67 bits per heavy atom. The Morgan fingerprint density at radius 1 is 1.05 bits per heavy atom. The predicted octanol–water partition coefficient (Wildman–Crippen LogP) is 3.76. The fourth-order valence-electron chi connectivity index (χ4n) is 3.38. The summed E-state index contributed by atoms with van der Waals surface area (Å²) in [5.74, 6) is 1.07. The van der Waals surface area contributed by atoms with Crippen LogP contribution in [0.15, 0.2) is 36.4 Å². The Labute approximate surface area is 126 Å². The summed E-state index contributed by atoms with van der Waals surface area (Å²) in [5.41, 5.74) is 5.95. The van der Waals surface area contributed by atoms with Gasteiger partial charge in [0.2, 0.25) is 0 Å². The summed E-state index contributed by atoms with van der Waals surface area (Å²) < 4.78 is 5.55. The molecule has 0 amide bonds. The third kappa shape index (κ3) is 2.44. The Morgan fingerprint density at radius 3 is 2.24 bits per heavy atom. The summed E-state index contributed by atoms with van der Waals surface area (Å²) in [6.07, 6.45) is 1.40. The number of hydrogen-bond acceptors (Lipinski definition) is 2.